The van der Waals surface area contributed by atoms with Crippen molar-refractivity contribution in [2.24, 2.45) is 5.92 Å². The van der Waals surface area contributed by atoms with Gasteiger partial charge in [0.25, 0.3) is 0 Å². The van der Waals surface area contributed by atoms with Crippen LogP contribution in [0.3, 0.4) is 0 Å². The van der Waals surface area contributed by atoms with Crippen LogP contribution in [0.15, 0.2) is 54.6 Å². The summed E-state index contributed by atoms with van der Waals surface area (Å²) in [5.41, 5.74) is 3.67. The van der Waals surface area contributed by atoms with Gasteiger partial charge in [-0.05, 0) is 28.9 Å². The molecule has 2 atom stereocenters. The number of carbonyl (C=O) groups is 1. The predicted molar refractivity (Wildman–Crippen MR) is 86.8 cm³/mol. The van der Waals surface area contributed by atoms with E-state index >= 15 is 0 Å². The minimum Gasteiger partial charge on any atom is -0.294 e. The van der Waals surface area contributed by atoms with Crippen LogP contribution in [0.5, 0.6) is 0 Å². The molecule has 21 heavy (non-hydrogen) atoms. The monoisotopic (exact) mass is 278 g/mol. The van der Waals surface area contributed by atoms with E-state index in [1.165, 1.54) is 11.1 Å². The van der Waals surface area contributed by atoms with Gasteiger partial charge in [0.15, 0.2) is 5.78 Å². The standard InChI is InChI=1S/C20H22O/c1-20(2,3)16-11-9-14(10-12-16)17-13-18(17)19(21)15-7-5-4-6-8-15/h4-12,17-18H,13H2,1-3H3. The van der Waals surface area contributed by atoms with Crippen molar-refractivity contribution in [3.05, 3.63) is 71.3 Å². The molecule has 1 nitrogen and oxygen atoms in total. The normalized spacial score (nSPS) is 21.1. The number of ketones is 1. The lowest BCUT2D eigenvalue weighted by atomic mass is 9.86. The summed E-state index contributed by atoms with van der Waals surface area (Å²) < 4.78 is 0. The summed E-state index contributed by atoms with van der Waals surface area (Å²) in [6.07, 6.45) is 0.989. The zero-order valence-electron chi connectivity index (χ0n) is 13.0. The van der Waals surface area contributed by atoms with E-state index in [2.05, 4.69) is 45.0 Å². The van der Waals surface area contributed by atoms with Crippen LogP contribution in [0.2, 0.25) is 0 Å². The number of hydrogen-bond donors (Lipinski definition) is 0. The molecule has 2 aromatic carbocycles. The largest absolute Gasteiger partial charge is 0.294 e. The second-order valence-electron chi connectivity index (χ2n) is 7.05. The highest BCUT2D eigenvalue weighted by molar-refractivity contribution is 6.00. The summed E-state index contributed by atoms with van der Waals surface area (Å²) in [7, 11) is 0. The van der Waals surface area contributed by atoms with Crippen LogP contribution in [0.1, 0.15) is 54.6 Å². The Kier molecular flexibility index (Phi) is 3.44. The molecule has 0 spiro atoms. The molecule has 1 aliphatic carbocycles. The van der Waals surface area contributed by atoms with Gasteiger partial charge in [-0.1, -0.05) is 75.4 Å². The Labute approximate surface area is 127 Å². The number of rotatable bonds is 3. The molecule has 108 valence electrons. The Morgan fingerprint density at radius 1 is 0.952 bits per heavy atom. The quantitative estimate of drug-likeness (QED) is 0.724. The fourth-order valence-electron chi connectivity index (χ4n) is 2.90. The van der Waals surface area contributed by atoms with Crippen LogP contribution in [0.25, 0.3) is 0 Å². The van der Waals surface area contributed by atoms with Crippen LogP contribution < -0.4 is 0 Å². The Bertz CT molecular complexity index is 632. The topological polar surface area (TPSA) is 17.1 Å². The van der Waals surface area contributed by atoms with Crippen molar-refractivity contribution in [2.45, 2.75) is 38.5 Å². The molecule has 1 aliphatic rings. The van der Waals surface area contributed by atoms with Gasteiger partial charge in [-0.15, -0.1) is 0 Å². The molecule has 1 saturated carbocycles. The molecule has 0 amide bonds. The molecular formula is C20H22O. The van der Waals surface area contributed by atoms with Crippen molar-refractivity contribution in [1.82, 2.24) is 0 Å². The maximum Gasteiger partial charge on any atom is 0.166 e. The molecule has 0 aliphatic heterocycles. The first kappa shape index (κ1) is 14.1. The number of Topliss-reactive ketones (excluding diaryl/α,β-unsaturated/α-hetero) is 1. The van der Waals surface area contributed by atoms with E-state index in [0.29, 0.717) is 11.7 Å². The van der Waals surface area contributed by atoms with Crippen LogP contribution >= 0.6 is 0 Å². The smallest absolute Gasteiger partial charge is 0.166 e. The molecule has 0 N–H and O–H groups in total. The third-order valence-electron chi connectivity index (χ3n) is 4.39. The zero-order chi connectivity index (χ0) is 15.0. The Morgan fingerprint density at radius 2 is 1.57 bits per heavy atom. The molecule has 0 aromatic heterocycles. The number of hydrogen-bond acceptors (Lipinski definition) is 1. The van der Waals surface area contributed by atoms with Crippen molar-refractivity contribution in [3.63, 3.8) is 0 Å². The van der Waals surface area contributed by atoms with Gasteiger partial charge in [0.05, 0.1) is 0 Å². The minimum absolute atomic E-state index is 0.174. The van der Waals surface area contributed by atoms with Gasteiger partial charge < -0.3 is 0 Å². The van der Waals surface area contributed by atoms with Crippen molar-refractivity contribution in [3.8, 4) is 0 Å². The molecule has 1 heteroatoms. The van der Waals surface area contributed by atoms with E-state index < -0.39 is 0 Å². The molecule has 0 bridgehead atoms. The highest BCUT2D eigenvalue weighted by atomic mass is 16.1. The van der Waals surface area contributed by atoms with Gasteiger partial charge in [0.1, 0.15) is 0 Å². The van der Waals surface area contributed by atoms with Crippen LogP contribution in [-0.4, -0.2) is 5.78 Å². The number of carbonyl (C=O) groups excluding carboxylic acids is 1. The fourth-order valence-corrected chi connectivity index (χ4v) is 2.90. The van der Waals surface area contributed by atoms with E-state index in [-0.39, 0.29) is 11.3 Å². The van der Waals surface area contributed by atoms with Gasteiger partial charge in [-0.25, -0.2) is 0 Å². The highest BCUT2D eigenvalue weighted by Gasteiger charge is 2.43. The van der Waals surface area contributed by atoms with Crippen molar-refractivity contribution in [1.29, 1.82) is 0 Å². The van der Waals surface area contributed by atoms with E-state index in [9.17, 15) is 4.79 Å². The van der Waals surface area contributed by atoms with E-state index in [0.717, 1.165) is 12.0 Å². The van der Waals surface area contributed by atoms with Gasteiger partial charge in [0.2, 0.25) is 0 Å². The maximum atomic E-state index is 12.4. The molecule has 0 radical (unpaired) electrons. The molecule has 2 aromatic rings. The first-order valence-corrected chi connectivity index (χ1v) is 7.66. The summed E-state index contributed by atoms with van der Waals surface area (Å²) in [6, 6.07) is 18.5. The SMILES string of the molecule is CC(C)(C)c1ccc(C2CC2C(=O)c2ccccc2)cc1. The zero-order valence-corrected chi connectivity index (χ0v) is 13.0. The maximum absolute atomic E-state index is 12.4. The lowest BCUT2D eigenvalue weighted by molar-refractivity contribution is 0.0965. The van der Waals surface area contributed by atoms with E-state index in [4.69, 9.17) is 0 Å². The predicted octanol–water partition coefficient (Wildman–Crippen LogP) is 4.97. The summed E-state index contributed by atoms with van der Waals surface area (Å²) in [5.74, 6) is 0.875. The summed E-state index contributed by atoms with van der Waals surface area (Å²) in [5, 5.41) is 0. The average Bonchev–Trinajstić information content (AvgIpc) is 3.27. The second kappa shape index (κ2) is 5.14. The Hall–Kier alpha value is -1.89. The molecular weight excluding hydrogens is 256 g/mol. The Balaban J connectivity index is 1.72. The molecule has 3 rings (SSSR count). The average molecular weight is 278 g/mol. The lowest BCUT2D eigenvalue weighted by Gasteiger charge is -2.19. The summed E-state index contributed by atoms with van der Waals surface area (Å²) >= 11 is 0. The van der Waals surface area contributed by atoms with Crippen molar-refractivity contribution >= 4 is 5.78 Å². The molecule has 2 unspecified atom stereocenters. The number of benzene rings is 2. The third-order valence-corrected chi connectivity index (χ3v) is 4.39. The Morgan fingerprint density at radius 3 is 2.14 bits per heavy atom. The summed E-state index contributed by atoms with van der Waals surface area (Å²) in [4.78, 5) is 12.4. The first-order valence-electron chi connectivity index (χ1n) is 7.66. The molecule has 1 fully saturated rings. The molecule has 0 heterocycles. The van der Waals surface area contributed by atoms with Crippen molar-refractivity contribution in [2.75, 3.05) is 0 Å². The minimum atomic E-state index is 0.174. The highest BCUT2D eigenvalue weighted by Crippen LogP contribution is 2.49. The second-order valence-corrected chi connectivity index (χ2v) is 7.05. The summed E-state index contributed by atoms with van der Waals surface area (Å²) in [6.45, 7) is 6.67. The lowest BCUT2D eigenvalue weighted by Crippen LogP contribution is -2.10. The first-order chi connectivity index (χ1) is 9.97. The third kappa shape index (κ3) is 2.92. The van der Waals surface area contributed by atoms with E-state index in [1.807, 2.05) is 30.3 Å². The van der Waals surface area contributed by atoms with Crippen molar-refractivity contribution < 1.29 is 4.79 Å². The molecule has 0 saturated heterocycles. The van der Waals surface area contributed by atoms with E-state index in [1.54, 1.807) is 0 Å². The fraction of sp³-hybridized carbons (Fsp3) is 0.350. The van der Waals surface area contributed by atoms with Gasteiger partial charge in [-0.2, -0.15) is 0 Å². The van der Waals surface area contributed by atoms with Gasteiger partial charge in [0, 0.05) is 11.5 Å². The van der Waals surface area contributed by atoms with Gasteiger partial charge in [-0.3, -0.25) is 4.79 Å². The van der Waals surface area contributed by atoms with Crippen LogP contribution in [0, 0.1) is 5.92 Å². The van der Waals surface area contributed by atoms with Crippen LogP contribution in [-0.2, 0) is 5.41 Å². The van der Waals surface area contributed by atoms with Gasteiger partial charge >= 0.3 is 0 Å². The van der Waals surface area contributed by atoms with Crippen LogP contribution in [0.4, 0.5) is 0 Å².